The van der Waals surface area contributed by atoms with Crippen LogP contribution in [0.4, 0.5) is 9.80 Å². The zero-order valence-corrected chi connectivity index (χ0v) is 15.8. The lowest BCUT2D eigenvalue weighted by molar-refractivity contribution is 0.119. The van der Waals surface area contributed by atoms with Crippen molar-refractivity contribution in [2.75, 3.05) is 18.5 Å². The van der Waals surface area contributed by atoms with E-state index < -0.39 is 12.3 Å². The number of rotatable bonds is 10. The van der Waals surface area contributed by atoms with Gasteiger partial charge in [-0.15, -0.1) is 11.3 Å². The minimum Gasteiger partial charge on any atom is -0.469 e. The van der Waals surface area contributed by atoms with E-state index in [1.165, 1.54) is 11.3 Å². The van der Waals surface area contributed by atoms with Crippen LogP contribution in [-0.2, 0) is 24.1 Å². The monoisotopic (exact) mass is 393 g/mol. The van der Waals surface area contributed by atoms with Crippen LogP contribution in [0.2, 0.25) is 0 Å². The molecule has 27 heavy (non-hydrogen) atoms. The Hall–Kier alpha value is -2.54. The number of nitriles is 1. The van der Waals surface area contributed by atoms with E-state index in [2.05, 4.69) is 16.7 Å². The van der Waals surface area contributed by atoms with Gasteiger partial charge in [0.15, 0.2) is 0 Å². The van der Waals surface area contributed by atoms with Crippen molar-refractivity contribution in [3.8, 4) is 6.07 Å². The third kappa shape index (κ3) is 5.99. The van der Waals surface area contributed by atoms with Gasteiger partial charge in [0.25, 0.3) is 0 Å². The number of nitrogens with zero attached hydrogens (tertiary/aromatic N) is 1. The predicted octanol–water partition coefficient (Wildman–Crippen LogP) is 2.36. The van der Waals surface area contributed by atoms with Crippen LogP contribution >= 0.6 is 11.3 Å². The number of aliphatic hydroxyl groups excluding tert-OH is 2. The molecule has 1 unspecified atom stereocenters. The molecule has 1 atom stereocenters. The quantitative estimate of drug-likeness (QED) is 0.456. The van der Waals surface area contributed by atoms with Gasteiger partial charge in [-0.05, 0) is 30.5 Å². The van der Waals surface area contributed by atoms with Gasteiger partial charge < -0.3 is 30.0 Å². The van der Waals surface area contributed by atoms with E-state index in [1.54, 1.807) is 12.3 Å². The molecule has 0 saturated heterocycles. The van der Waals surface area contributed by atoms with Crippen LogP contribution < -0.4 is 10.6 Å². The summed E-state index contributed by atoms with van der Waals surface area (Å²) >= 11 is 1.32. The first kappa shape index (κ1) is 20.8. The SMILES string of the molecule is CCc1c(CNC(=O)OCCO)sc(NC(O)CCc2ccco2)c1C#N. The third-order valence-electron chi connectivity index (χ3n) is 3.82. The summed E-state index contributed by atoms with van der Waals surface area (Å²) in [6.45, 7) is 1.81. The van der Waals surface area contributed by atoms with E-state index in [9.17, 15) is 15.2 Å². The minimum atomic E-state index is -0.833. The van der Waals surface area contributed by atoms with Crippen LogP contribution in [0.15, 0.2) is 22.8 Å². The highest BCUT2D eigenvalue weighted by molar-refractivity contribution is 7.16. The van der Waals surface area contributed by atoms with Gasteiger partial charge in [-0.2, -0.15) is 5.26 Å². The number of thiophene rings is 1. The fraction of sp³-hybridized carbons (Fsp3) is 0.444. The smallest absolute Gasteiger partial charge is 0.407 e. The molecule has 4 N–H and O–H groups in total. The number of hydrogen-bond donors (Lipinski definition) is 4. The van der Waals surface area contributed by atoms with Crippen LogP contribution in [0.3, 0.4) is 0 Å². The molecule has 0 aliphatic carbocycles. The molecule has 2 aromatic heterocycles. The first-order valence-corrected chi connectivity index (χ1v) is 9.43. The molecule has 0 bridgehead atoms. The molecule has 2 heterocycles. The van der Waals surface area contributed by atoms with E-state index >= 15 is 0 Å². The summed E-state index contributed by atoms with van der Waals surface area (Å²) in [6.07, 6.45) is 1.73. The second kappa shape index (κ2) is 10.6. The summed E-state index contributed by atoms with van der Waals surface area (Å²) in [5.41, 5.74) is 1.30. The second-order valence-corrected chi connectivity index (χ2v) is 6.77. The highest BCUT2D eigenvalue weighted by Crippen LogP contribution is 2.34. The maximum Gasteiger partial charge on any atom is 0.407 e. The summed E-state index contributed by atoms with van der Waals surface area (Å²) in [7, 11) is 0. The molecule has 0 spiro atoms. The summed E-state index contributed by atoms with van der Waals surface area (Å²) < 4.78 is 10.0. The number of anilines is 1. The van der Waals surface area contributed by atoms with Crippen LogP contribution in [0.5, 0.6) is 0 Å². The molecule has 0 fully saturated rings. The van der Waals surface area contributed by atoms with E-state index in [1.807, 2.05) is 13.0 Å². The number of carbonyl (C=O) groups excluding carboxylic acids is 1. The number of ether oxygens (including phenoxy) is 1. The van der Waals surface area contributed by atoms with Crippen LogP contribution in [-0.4, -0.2) is 35.7 Å². The van der Waals surface area contributed by atoms with Gasteiger partial charge >= 0.3 is 6.09 Å². The molecule has 0 saturated carbocycles. The molecule has 2 rings (SSSR count). The lowest BCUT2D eigenvalue weighted by atomic mass is 10.1. The Morgan fingerprint density at radius 2 is 2.33 bits per heavy atom. The van der Waals surface area contributed by atoms with Gasteiger partial charge in [0.1, 0.15) is 29.7 Å². The lowest BCUT2D eigenvalue weighted by Crippen LogP contribution is -2.24. The highest BCUT2D eigenvalue weighted by Gasteiger charge is 2.19. The third-order valence-corrected chi connectivity index (χ3v) is 4.98. The van der Waals surface area contributed by atoms with Gasteiger partial charge in [-0.25, -0.2) is 4.79 Å². The van der Waals surface area contributed by atoms with Gasteiger partial charge in [0.2, 0.25) is 0 Å². The molecule has 2 aromatic rings. The molecule has 0 radical (unpaired) electrons. The maximum atomic E-state index is 11.5. The topological polar surface area (TPSA) is 128 Å². The largest absolute Gasteiger partial charge is 0.469 e. The Bertz CT molecular complexity index is 767. The number of alkyl carbamates (subject to hydrolysis) is 1. The minimum absolute atomic E-state index is 0.0744. The van der Waals surface area contributed by atoms with Crippen molar-refractivity contribution in [2.45, 2.75) is 39.0 Å². The Balaban J connectivity index is 2.01. The fourth-order valence-corrected chi connectivity index (χ4v) is 3.77. The average molecular weight is 393 g/mol. The molecule has 146 valence electrons. The molecule has 8 nitrogen and oxygen atoms in total. The number of aryl methyl sites for hydroxylation is 1. The van der Waals surface area contributed by atoms with Crippen molar-refractivity contribution in [1.82, 2.24) is 5.32 Å². The Labute approximate surface area is 161 Å². The predicted molar refractivity (Wildman–Crippen MR) is 100 cm³/mol. The van der Waals surface area contributed by atoms with Crippen molar-refractivity contribution < 1.29 is 24.2 Å². The first-order valence-electron chi connectivity index (χ1n) is 8.62. The van der Waals surface area contributed by atoms with Crippen molar-refractivity contribution in [3.05, 3.63) is 40.2 Å². The number of nitrogens with one attached hydrogen (secondary N) is 2. The highest BCUT2D eigenvalue weighted by atomic mass is 32.1. The summed E-state index contributed by atoms with van der Waals surface area (Å²) in [5.74, 6) is 0.781. The number of amides is 1. The molecule has 0 aliphatic rings. The lowest BCUT2D eigenvalue weighted by Gasteiger charge is -2.12. The van der Waals surface area contributed by atoms with Crippen LogP contribution in [0.1, 0.15) is 35.1 Å². The van der Waals surface area contributed by atoms with Crippen molar-refractivity contribution in [3.63, 3.8) is 0 Å². The molecule has 1 amide bonds. The number of carbonyl (C=O) groups is 1. The molecular weight excluding hydrogens is 370 g/mol. The number of furan rings is 1. The van der Waals surface area contributed by atoms with Gasteiger partial charge in [0.05, 0.1) is 25.0 Å². The summed E-state index contributed by atoms with van der Waals surface area (Å²) in [4.78, 5) is 12.4. The number of hydrogen-bond acceptors (Lipinski definition) is 8. The van der Waals surface area contributed by atoms with E-state index in [4.69, 9.17) is 14.3 Å². The fourth-order valence-electron chi connectivity index (χ4n) is 2.55. The second-order valence-electron chi connectivity index (χ2n) is 5.66. The summed E-state index contributed by atoms with van der Waals surface area (Å²) in [6, 6.07) is 5.81. The van der Waals surface area contributed by atoms with Crippen LogP contribution in [0.25, 0.3) is 0 Å². The molecule has 0 aliphatic heterocycles. The zero-order valence-electron chi connectivity index (χ0n) is 15.0. The average Bonchev–Trinajstić information content (AvgIpc) is 3.30. The van der Waals surface area contributed by atoms with E-state index in [0.717, 1.165) is 16.2 Å². The Kier molecular flexibility index (Phi) is 8.13. The van der Waals surface area contributed by atoms with Gasteiger partial charge in [-0.3, -0.25) is 0 Å². The first-order chi connectivity index (χ1) is 13.1. The van der Waals surface area contributed by atoms with E-state index in [-0.39, 0.29) is 19.8 Å². The maximum absolute atomic E-state index is 11.5. The summed E-state index contributed by atoms with van der Waals surface area (Å²) in [5, 5.41) is 34.6. The van der Waals surface area contributed by atoms with Crippen molar-refractivity contribution in [1.29, 1.82) is 5.26 Å². The molecule has 9 heteroatoms. The molecule has 0 aromatic carbocycles. The van der Waals surface area contributed by atoms with Gasteiger partial charge in [-0.1, -0.05) is 6.92 Å². The van der Waals surface area contributed by atoms with E-state index in [0.29, 0.717) is 29.8 Å². The van der Waals surface area contributed by atoms with Crippen molar-refractivity contribution >= 4 is 22.4 Å². The van der Waals surface area contributed by atoms with Crippen molar-refractivity contribution in [2.24, 2.45) is 0 Å². The zero-order chi connectivity index (χ0) is 19.6. The standard InChI is InChI=1S/C18H23N3O5S/c1-2-13-14(10-19)17(21-16(23)6-5-12-4-3-8-25-12)27-15(13)11-20-18(24)26-9-7-22/h3-4,8,16,21-23H,2,5-7,9,11H2,1H3,(H,20,24). The number of aliphatic hydroxyl groups is 2. The Morgan fingerprint density at radius 3 is 2.96 bits per heavy atom. The Morgan fingerprint density at radius 1 is 1.52 bits per heavy atom. The van der Waals surface area contributed by atoms with Crippen LogP contribution in [0, 0.1) is 11.3 Å². The van der Waals surface area contributed by atoms with Gasteiger partial charge in [0, 0.05) is 11.3 Å². The molecular formula is C18H23N3O5S. The normalized spacial score (nSPS) is 11.6.